The maximum absolute atomic E-state index is 13.3. The molecule has 0 aliphatic carbocycles. The van der Waals surface area contributed by atoms with Crippen LogP contribution in [0.4, 0.5) is 5.13 Å². The first-order valence-corrected chi connectivity index (χ1v) is 14.0. The van der Waals surface area contributed by atoms with Gasteiger partial charge in [0.2, 0.25) is 5.91 Å². The number of benzene rings is 2. The van der Waals surface area contributed by atoms with E-state index in [4.69, 9.17) is 4.74 Å². The Morgan fingerprint density at radius 3 is 2.66 bits per heavy atom. The first kappa shape index (κ1) is 23.2. The van der Waals surface area contributed by atoms with Gasteiger partial charge >= 0.3 is 0 Å². The zero-order chi connectivity index (χ0) is 22.6. The molecule has 1 aliphatic rings. The van der Waals surface area contributed by atoms with E-state index in [2.05, 4.69) is 9.88 Å². The molecule has 0 unspecified atom stereocenters. The van der Waals surface area contributed by atoms with Gasteiger partial charge in [-0.1, -0.05) is 29.5 Å². The summed E-state index contributed by atoms with van der Waals surface area (Å²) in [5, 5.41) is 0.528. The molecule has 0 bridgehead atoms. The predicted octanol–water partition coefficient (Wildman–Crippen LogP) is 3.16. The number of thioether (sulfide) groups is 1. The van der Waals surface area contributed by atoms with Gasteiger partial charge in [-0.3, -0.25) is 14.6 Å². The molecule has 170 valence electrons. The average Bonchev–Trinajstić information content (AvgIpc) is 3.23. The standard InChI is InChI=1S/C22H25N3O4S3/c1-30-17-7-8-19-20(15-17)31-22(23-19)25(10-9-24-11-13-29-14-12-24)21(26)16-32(27,28)18-5-3-2-4-6-18/h2-8,15H,9-14,16H2,1H3. The second kappa shape index (κ2) is 10.3. The lowest BCUT2D eigenvalue weighted by Crippen LogP contribution is -2.44. The summed E-state index contributed by atoms with van der Waals surface area (Å²) in [6, 6.07) is 14.1. The number of amides is 1. The Kier molecular flexibility index (Phi) is 7.47. The second-order valence-electron chi connectivity index (χ2n) is 7.40. The van der Waals surface area contributed by atoms with Crippen LogP contribution in [0.15, 0.2) is 58.3 Å². The molecule has 1 amide bonds. The van der Waals surface area contributed by atoms with Gasteiger partial charge in [-0.15, -0.1) is 11.8 Å². The third-order valence-electron chi connectivity index (χ3n) is 5.28. The first-order chi connectivity index (χ1) is 15.5. The molecular weight excluding hydrogens is 466 g/mol. The number of hydrogen-bond donors (Lipinski definition) is 0. The van der Waals surface area contributed by atoms with Crippen LogP contribution in [-0.2, 0) is 19.4 Å². The van der Waals surface area contributed by atoms with Crippen molar-refractivity contribution in [3.63, 3.8) is 0 Å². The molecule has 1 saturated heterocycles. The maximum Gasteiger partial charge on any atom is 0.244 e. The van der Waals surface area contributed by atoms with Crippen molar-refractivity contribution in [1.82, 2.24) is 9.88 Å². The van der Waals surface area contributed by atoms with Crippen LogP contribution in [0.3, 0.4) is 0 Å². The molecule has 1 aliphatic heterocycles. The number of rotatable bonds is 8. The average molecular weight is 492 g/mol. The van der Waals surface area contributed by atoms with Gasteiger partial charge in [0.15, 0.2) is 15.0 Å². The summed E-state index contributed by atoms with van der Waals surface area (Å²) in [6.45, 7) is 3.91. The number of carbonyl (C=O) groups is 1. The Bertz CT molecular complexity index is 1180. The quantitative estimate of drug-likeness (QED) is 0.448. The van der Waals surface area contributed by atoms with Crippen molar-refractivity contribution in [3.05, 3.63) is 48.5 Å². The van der Waals surface area contributed by atoms with Crippen molar-refractivity contribution >= 4 is 54.2 Å². The molecule has 1 aromatic heterocycles. The normalized spacial score (nSPS) is 15.2. The molecule has 3 aromatic rings. The fourth-order valence-corrected chi connectivity index (χ4v) is 6.26. The minimum atomic E-state index is -3.75. The van der Waals surface area contributed by atoms with Crippen LogP contribution in [0.2, 0.25) is 0 Å². The molecule has 0 atom stereocenters. The number of morpholine rings is 1. The van der Waals surface area contributed by atoms with Crippen LogP contribution in [0.1, 0.15) is 0 Å². The SMILES string of the molecule is CSc1ccc2nc(N(CCN3CCOCC3)C(=O)CS(=O)(=O)c3ccccc3)sc2c1. The first-order valence-electron chi connectivity index (χ1n) is 10.3. The lowest BCUT2D eigenvalue weighted by molar-refractivity contribution is -0.116. The predicted molar refractivity (Wildman–Crippen MR) is 130 cm³/mol. The molecule has 4 rings (SSSR count). The number of thiazole rings is 1. The van der Waals surface area contributed by atoms with E-state index in [9.17, 15) is 13.2 Å². The van der Waals surface area contributed by atoms with Gasteiger partial charge in [0, 0.05) is 31.1 Å². The number of aromatic nitrogens is 1. The molecule has 10 heteroatoms. The minimum absolute atomic E-state index is 0.149. The van der Waals surface area contributed by atoms with Gasteiger partial charge in [-0.25, -0.2) is 13.4 Å². The molecule has 0 saturated carbocycles. The molecule has 0 radical (unpaired) electrons. The zero-order valence-corrected chi connectivity index (χ0v) is 20.2. The highest BCUT2D eigenvalue weighted by Gasteiger charge is 2.27. The van der Waals surface area contributed by atoms with E-state index in [0.717, 1.165) is 28.2 Å². The summed E-state index contributed by atoms with van der Waals surface area (Å²) < 4.78 is 32.1. The molecule has 2 heterocycles. The van der Waals surface area contributed by atoms with Crippen LogP contribution < -0.4 is 4.90 Å². The number of hydrogen-bond acceptors (Lipinski definition) is 8. The van der Waals surface area contributed by atoms with E-state index in [0.29, 0.717) is 31.4 Å². The van der Waals surface area contributed by atoms with Crippen LogP contribution >= 0.6 is 23.1 Å². The Labute approximate surface area is 196 Å². The van der Waals surface area contributed by atoms with E-state index >= 15 is 0 Å². The van der Waals surface area contributed by atoms with Gasteiger partial charge in [-0.05, 0) is 36.6 Å². The van der Waals surface area contributed by atoms with Gasteiger partial charge < -0.3 is 4.74 Å². The number of ether oxygens (including phenoxy) is 1. The van der Waals surface area contributed by atoms with E-state index in [1.54, 1.807) is 30.0 Å². The molecule has 7 nitrogen and oxygen atoms in total. The number of sulfone groups is 1. The Balaban J connectivity index is 1.60. The lowest BCUT2D eigenvalue weighted by Gasteiger charge is -2.29. The summed E-state index contributed by atoms with van der Waals surface area (Å²) in [4.78, 5) is 22.9. The van der Waals surface area contributed by atoms with E-state index in [1.807, 2.05) is 24.5 Å². The van der Waals surface area contributed by atoms with Gasteiger partial charge in [0.1, 0.15) is 5.75 Å². The molecule has 0 N–H and O–H groups in total. The summed E-state index contributed by atoms with van der Waals surface area (Å²) in [5.41, 5.74) is 0.804. The van der Waals surface area contributed by atoms with Gasteiger partial charge in [0.25, 0.3) is 0 Å². The molecule has 32 heavy (non-hydrogen) atoms. The molecule has 1 fully saturated rings. The number of fused-ring (bicyclic) bond motifs is 1. The smallest absolute Gasteiger partial charge is 0.244 e. The highest BCUT2D eigenvalue weighted by Crippen LogP contribution is 2.32. The van der Waals surface area contributed by atoms with Crippen molar-refractivity contribution in [1.29, 1.82) is 0 Å². The Hall–Kier alpha value is -1.98. The van der Waals surface area contributed by atoms with Crippen molar-refractivity contribution in [2.75, 3.05) is 56.3 Å². The van der Waals surface area contributed by atoms with Crippen LogP contribution in [0, 0.1) is 0 Å². The third kappa shape index (κ3) is 5.49. The van der Waals surface area contributed by atoms with Crippen molar-refractivity contribution < 1.29 is 17.9 Å². The van der Waals surface area contributed by atoms with Gasteiger partial charge in [-0.2, -0.15) is 0 Å². The summed E-state index contributed by atoms with van der Waals surface area (Å²) in [5.74, 6) is -1.06. The third-order valence-corrected chi connectivity index (χ3v) is 8.66. The van der Waals surface area contributed by atoms with Crippen molar-refractivity contribution in [3.8, 4) is 0 Å². The monoisotopic (exact) mass is 491 g/mol. The van der Waals surface area contributed by atoms with Crippen LogP contribution in [0.25, 0.3) is 10.2 Å². The molecular formula is C22H25N3O4S3. The Morgan fingerprint density at radius 2 is 1.94 bits per heavy atom. The van der Waals surface area contributed by atoms with E-state index in [1.165, 1.54) is 28.4 Å². The highest BCUT2D eigenvalue weighted by atomic mass is 32.2. The Morgan fingerprint density at radius 1 is 1.19 bits per heavy atom. The molecule has 0 spiro atoms. The summed E-state index contributed by atoms with van der Waals surface area (Å²) in [6.07, 6.45) is 2.01. The summed E-state index contributed by atoms with van der Waals surface area (Å²) >= 11 is 3.06. The van der Waals surface area contributed by atoms with Gasteiger partial charge in [0.05, 0.1) is 28.3 Å². The zero-order valence-electron chi connectivity index (χ0n) is 17.8. The maximum atomic E-state index is 13.3. The number of nitrogens with zero attached hydrogens (tertiary/aromatic N) is 3. The molecule has 2 aromatic carbocycles. The largest absolute Gasteiger partial charge is 0.379 e. The van der Waals surface area contributed by atoms with Crippen LogP contribution in [0.5, 0.6) is 0 Å². The van der Waals surface area contributed by atoms with Crippen molar-refractivity contribution in [2.45, 2.75) is 9.79 Å². The van der Waals surface area contributed by atoms with Crippen LogP contribution in [-0.4, -0.2) is 75.6 Å². The van der Waals surface area contributed by atoms with E-state index in [-0.39, 0.29) is 4.90 Å². The van der Waals surface area contributed by atoms with Crippen molar-refractivity contribution in [2.24, 2.45) is 0 Å². The minimum Gasteiger partial charge on any atom is -0.379 e. The highest BCUT2D eigenvalue weighted by molar-refractivity contribution is 7.98. The summed E-state index contributed by atoms with van der Waals surface area (Å²) in [7, 11) is -3.75. The topological polar surface area (TPSA) is 79.8 Å². The lowest BCUT2D eigenvalue weighted by atomic mass is 10.3. The number of carbonyl (C=O) groups excluding carboxylic acids is 1. The fourth-order valence-electron chi connectivity index (χ4n) is 3.48. The number of anilines is 1. The second-order valence-corrected chi connectivity index (χ2v) is 11.3. The van der Waals surface area contributed by atoms with E-state index < -0.39 is 21.5 Å². The fraction of sp³-hybridized carbons (Fsp3) is 0.364.